The zero-order valence-electron chi connectivity index (χ0n) is 37.5. The predicted octanol–water partition coefficient (Wildman–Crippen LogP) is 14.2. The van der Waals surface area contributed by atoms with Crippen LogP contribution in [-0.2, 0) is 24.7 Å². The van der Waals surface area contributed by atoms with Crippen molar-refractivity contribution in [2.75, 3.05) is 4.90 Å². The van der Waals surface area contributed by atoms with E-state index in [9.17, 15) is 0 Å². The summed E-state index contributed by atoms with van der Waals surface area (Å²) in [5.41, 5.74) is 19.4. The lowest BCUT2D eigenvalue weighted by Crippen LogP contribution is -2.59. The Morgan fingerprint density at radius 2 is 1.16 bits per heavy atom. The molecule has 3 heterocycles. The first-order valence-corrected chi connectivity index (χ1v) is 23.4. The van der Waals surface area contributed by atoms with E-state index in [4.69, 9.17) is 4.74 Å². The summed E-state index contributed by atoms with van der Waals surface area (Å²) in [6.45, 7) is 14.0. The molecule has 0 fully saturated rings. The molecule has 0 aliphatic carbocycles. The van der Waals surface area contributed by atoms with Gasteiger partial charge < -0.3 is 14.2 Å². The number of hydrogen-bond donors (Lipinski definition) is 0. The van der Waals surface area contributed by atoms with Crippen LogP contribution < -0.4 is 26.0 Å². The van der Waals surface area contributed by atoms with E-state index in [1.807, 2.05) is 0 Å². The predicted molar refractivity (Wildman–Crippen MR) is 267 cm³/mol. The molecule has 2 aliphatic heterocycles. The van der Waals surface area contributed by atoms with Crippen molar-refractivity contribution >= 4 is 62.0 Å². The number of rotatable bonds is 12. The van der Waals surface area contributed by atoms with Gasteiger partial charge in [0.15, 0.2) is 0 Å². The van der Waals surface area contributed by atoms with Gasteiger partial charge in [-0.25, -0.2) is 0 Å². The molecule has 0 saturated carbocycles. The summed E-state index contributed by atoms with van der Waals surface area (Å²) in [6, 6.07) is 52.8. The molecular weight excluding hydrogens is 751 g/mol. The van der Waals surface area contributed by atoms with Gasteiger partial charge in [-0.1, -0.05) is 158 Å². The van der Waals surface area contributed by atoms with Crippen molar-refractivity contribution in [3.63, 3.8) is 0 Å². The summed E-state index contributed by atoms with van der Waals surface area (Å²) in [6.07, 6.45) is 10.2. The van der Waals surface area contributed by atoms with E-state index in [-0.39, 0.29) is 12.1 Å². The maximum Gasteiger partial charge on any atom is 0.256 e. The Hall–Kier alpha value is -6.00. The fourth-order valence-corrected chi connectivity index (χ4v) is 10.3. The Bertz CT molecular complexity index is 2870. The van der Waals surface area contributed by atoms with Gasteiger partial charge >= 0.3 is 0 Å². The molecule has 10 rings (SSSR count). The minimum Gasteiger partial charge on any atom is -0.458 e. The molecule has 0 spiro atoms. The van der Waals surface area contributed by atoms with Crippen LogP contribution >= 0.6 is 0 Å². The van der Waals surface area contributed by atoms with E-state index in [0.717, 1.165) is 56.4 Å². The van der Waals surface area contributed by atoms with Crippen LogP contribution in [-0.4, -0.2) is 11.3 Å². The van der Waals surface area contributed by atoms with E-state index in [0.29, 0.717) is 0 Å². The van der Waals surface area contributed by atoms with Crippen molar-refractivity contribution in [2.45, 2.75) is 105 Å². The SMILES string of the molecule is CCCCc1cc(CCCC)c(N2c3cc(-n4c5ccccc5c5ccccc54)ccc3B3c4cc(-c5ccccc5)ccc4Oc4cc(C(C)(C)C)cc2c43)c(CCCC)c1. The van der Waals surface area contributed by atoms with Crippen molar-refractivity contribution in [3.05, 3.63) is 162 Å². The summed E-state index contributed by atoms with van der Waals surface area (Å²) >= 11 is 0. The Labute approximate surface area is 369 Å². The molecule has 310 valence electrons. The lowest BCUT2D eigenvalue weighted by atomic mass is 9.34. The van der Waals surface area contributed by atoms with Crippen LogP contribution in [0, 0.1) is 0 Å². The molecule has 3 nitrogen and oxygen atoms in total. The molecule has 7 aromatic carbocycles. The smallest absolute Gasteiger partial charge is 0.256 e. The Morgan fingerprint density at radius 1 is 0.532 bits per heavy atom. The highest BCUT2D eigenvalue weighted by atomic mass is 16.5. The molecule has 0 bridgehead atoms. The fourth-order valence-electron chi connectivity index (χ4n) is 10.3. The number of hydrogen-bond acceptors (Lipinski definition) is 2. The third-order valence-corrected chi connectivity index (χ3v) is 13.5. The van der Waals surface area contributed by atoms with Crippen LogP contribution in [0.1, 0.15) is 102 Å². The zero-order chi connectivity index (χ0) is 42.5. The molecular formula is C58H59BN2O. The number of benzene rings is 7. The molecule has 1 aromatic heterocycles. The molecule has 0 unspecified atom stereocenters. The van der Waals surface area contributed by atoms with E-state index in [2.05, 4.69) is 191 Å². The number of fused-ring (bicyclic) bond motifs is 7. The van der Waals surface area contributed by atoms with E-state index >= 15 is 0 Å². The molecule has 2 aliphatic rings. The molecule has 0 amide bonds. The van der Waals surface area contributed by atoms with E-state index in [1.165, 1.54) is 107 Å². The van der Waals surface area contributed by atoms with Gasteiger partial charge in [0.2, 0.25) is 0 Å². The number of ether oxygens (including phenoxy) is 1. The molecule has 0 N–H and O–H groups in total. The Morgan fingerprint density at radius 3 is 1.81 bits per heavy atom. The normalized spacial score (nSPS) is 13.0. The second-order valence-electron chi connectivity index (χ2n) is 18.8. The van der Waals surface area contributed by atoms with Crippen molar-refractivity contribution < 1.29 is 4.74 Å². The first kappa shape index (κ1) is 40.1. The first-order valence-electron chi connectivity index (χ1n) is 23.4. The molecule has 0 saturated heterocycles. The maximum atomic E-state index is 7.15. The quantitative estimate of drug-likeness (QED) is 0.114. The lowest BCUT2D eigenvalue weighted by molar-refractivity contribution is 0.483. The highest BCUT2D eigenvalue weighted by Gasteiger charge is 2.44. The van der Waals surface area contributed by atoms with Crippen LogP contribution in [0.15, 0.2) is 140 Å². The number of aryl methyl sites for hydroxylation is 3. The van der Waals surface area contributed by atoms with Gasteiger partial charge in [0, 0.05) is 27.8 Å². The highest BCUT2D eigenvalue weighted by Crippen LogP contribution is 2.47. The Balaban J connectivity index is 1.31. The average molecular weight is 811 g/mol. The van der Waals surface area contributed by atoms with Crippen molar-refractivity contribution in [2.24, 2.45) is 0 Å². The number of aromatic nitrogens is 1. The van der Waals surface area contributed by atoms with Crippen LogP contribution in [0.2, 0.25) is 0 Å². The summed E-state index contributed by atoms with van der Waals surface area (Å²) in [4.78, 5) is 2.71. The Kier molecular flexibility index (Phi) is 10.6. The van der Waals surface area contributed by atoms with E-state index in [1.54, 1.807) is 0 Å². The molecule has 4 heteroatoms. The summed E-state index contributed by atoms with van der Waals surface area (Å²) < 4.78 is 9.64. The molecule has 8 aromatic rings. The largest absolute Gasteiger partial charge is 0.458 e. The third kappa shape index (κ3) is 6.93. The van der Waals surface area contributed by atoms with Gasteiger partial charge in [-0.2, -0.15) is 0 Å². The minimum atomic E-state index is -0.0985. The van der Waals surface area contributed by atoms with Crippen molar-refractivity contribution in [3.8, 4) is 28.3 Å². The minimum absolute atomic E-state index is 0.0121. The van der Waals surface area contributed by atoms with Gasteiger partial charge in [-0.3, -0.25) is 0 Å². The van der Waals surface area contributed by atoms with Crippen LogP contribution in [0.3, 0.4) is 0 Å². The molecule has 0 atom stereocenters. The standard InChI is InChI=1S/C58H59BN2O/c1-7-10-20-39-33-42(21-11-8-2)57(43(34-39)22-12-9-3)61-52-38-45(60-50-27-18-16-25-46(50)47-26-17-19-28-51(47)60)30-31-48(52)59-49-35-41(40-23-14-13-15-24-40)29-32-54(49)62-55-37-44(58(4,5)6)36-53(61)56(55)59/h13-19,23-38H,7-12,20-22H2,1-6H3. The van der Waals surface area contributed by atoms with Crippen LogP contribution in [0.4, 0.5) is 17.1 Å². The monoisotopic (exact) mass is 810 g/mol. The van der Waals surface area contributed by atoms with Crippen LogP contribution in [0.5, 0.6) is 11.5 Å². The number of unbranched alkanes of at least 4 members (excludes halogenated alkanes) is 3. The zero-order valence-corrected chi connectivity index (χ0v) is 37.5. The fraction of sp³-hybridized carbons (Fsp3) is 0.276. The third-order valence-electron chi connectivity index (χ3n) is 13.5. The van der Waals surface area contributed by atoms with Gasteiger partial charge in [0.05, 0.1) is 16.7 Å². The highest BCUT2D eigenvalue weighted by molar-refractivity contribution is 6.99. The maximum absolute atomic E-state index is 7.15. The summed E-state index contributed by atoms with van der Waals surface area (Å²) in [7, 11) is 0. The summed E-state index contributed by atoms with van der Waals surface area (Å²) in [5.74, 6) is 1.92. The number of anilines is 3. The topological polar surface area (TPSA) is 17.4 Å². The second-order valence-corrected chi connectivity index (χ2v) is 18.8. The van der Waals surface area contributed by atoms with Gasteiger partial charge in [-0.15, -0.1) is 0 Å². The average Bonchev–Trinajstić information content (AvgIpc) is 3.63. The molecule has 62 heavy (non-hydrogen) atoms. The van der Waals surface area contributed by atoms with Crippen molar-refractivity contribution in [1.82, 2.24) is 4.57 Å². The van der Waals surface area contributed by atoms with Gasteiger partial charge in [0.1, 0.15) is 11.5 Å². The first-order chi connectivity index (χ1) is 30.3. The number of para-hydroxylation sites is 2. The van der Waals surface area contributed by atoms with Crippen molar-refractivity contribution in [1.29, 1.82) is 0 Å². The molecule has 0 radical (unpaired) electrons. The lowest BCUT2D eigenvalue weighted by Gasteiger charge is -2.42. The second kappa shape index (κ2) is 16.4. The van der Waals surface area contributed by atoms with Gasteiger partial charge in [-0.05, 0) is 136 Å². The summed E-state index contributed by atoms with van der Waals surface area (Å²) in [5, 5.41) is 2.56. The number of nitrogens with zero attached hydrogens (tertiary/aromatic N) is 2. The van der Waals surface area contributed by atoms with Crippen LogP contribution in [0.25, 0.3) is 38.6 Å². The van der Waals surface area contributed by atoms with E-state index < -0.39 is 0 Å². The van der Waals surface area contributed by atoms with Gasteiger partial charge in [0.25, 0.3) is 6.71 Å².